The molecule has 0 aliphatic heterocycles. The van der Waals surface area contributed by atoms with Crippen LogP contribution in [-0.4, -0.2) is 45.5 Å². The van der Waals surface area contributed by atoms with Crippen LogP contribution in [-0.2, 0) is 16.1 Å². The molecule has 176 valence electrons. The summed E-state index contributed by atoms with van der Waals surface area (Å²) in [6.45, 7) is 3.86. The first-order chi connectivity index (χ1) is 15.5. The number of carbonyl (C=O) groups excluding carboxylic acids is 2. The summed E-state index contributed by atoms with van der Waals surface area (Å²) < 4.78 is 37.5. The predicted molar refractivity (Wildman–Crippen MR) is 118 cm³/mol. The molecule has 33 heavy (non-hydrogen) atoms. The number of hydrogen-bond acceptors (Lipinski definition) is 5. The zero-order chi connectivity index (χ0) is 24.2. The minimum Gasteiger partial charge on any atom is -0.372 e. The molecule has 3 rings (SSSR count). The summed E-state index contributed by atoms with van der Waals surface area (Å²) in [5.41, 5.74) is 3.50. The van der Waals surface area contributed by atoms with Crippen molar-refractivity contribution in [3.8, 4) is 11.1 Å². The number of amides is 2. The van der Waals surface area contributed by atoms with Crippen molar-refractivity contribution in [2.24, 2.45) is 5.92 Å². The molecule has 0 bridgehead atoms. The van der Waals surface area contributed by atoms with Gasteiger partial charge in [-0.05, 0) is 23.6 Å². The highest BCUT2D eigenvalue weighted by Crippen LogP contribution is 2.29. The molecule has 1 unspecified atom stereocenters. The highest BCUT2D eigenvalue weighted by molar-refractivity contribution is 5.94. The molecule has 11 heteroatoms. The van der Waals surface area contributed by atoms with Crippen LogP contribution in [0.5, 0.6) is 0 Å². The van der Waals surface area contributed by atoms with Crippen molar-refractivity contribution in [3.63, 3.8) is 0 Å². The quantitative estimate of drug-likeness (QED) is 0.410. The molecular formula is C22H25F3N6O2. The minimum absolute atomic E-state index is 0.147. The van der Waals surface area contributed by atoms with Crippen LogP contribution in [0.25, 0.3) is 22.2 Å². The van der Waals surface area contributed by atoms with Gasteiger partial charge in [0.05, 0.1) is 5.69 Å². The zero-order valence-electron chi connectivity index (χ0n) is 18.4. The maximum Gasteiger partial charge on any atom is 0.405 e. The zero-order valence-corrected chi connectivity index (χ0v) is 18.4. The maximum absolute atomic E-state index is 12.5. The molecule has 3 aromatic rings. The molecule has 0 aliphatic rings. The minimum atomic E-state index is -4.49. The fourth-order valence-corrected chi connectivity index (χ4v) is 3.29. The lowest BCUT2D eigenvalue weighted by Gasteiger charge is -2.23. The first-order valence-electron chi connectivity index (χ1n) is 10.3. The summed E-state index contributed by atoms with van der Waals surface area (Å²) in [6.07, 6.45) is 2.10. The van der Waals surface area contributed by atoms with Gasteiger partial charge in [0, 0.05) is 54.8 Å². The number of aromatic amines is 1. The predicted octanol–water partition coefficient (Wildman–Crippen LogP) is 3.38. The summed E-state index contributed by atoms with van der Waals surface area (Å²) in [5.74, 6) is -1.16. The fraction of sp³-hybridized carbons (Fsp3) is 0.364. The van der Waals surface area contributed by atoms with Crippen LogP contribution in [0.2, 0.25) is 0 Å². The van der Waals surface area contributed by atoms with E-state index >= 15 is 0 Å². The van der Waals surface area contributed by atoms with Gasteiger partial charge in [0.15, 0.2) is 0 Å². The van der Waals surface area contributed by atoms with Gasteiger partial charge in [-0.2, -0.15) is 13.2 Å². The molecule has 3 heterocycles. The monoisotopic (exact) mass is 462 g/mol. The Bertz CT molecular complexity index is 1140. The smallest absolute Gasteiger partial charge is 0.372 e. The van der Waals surface area contributed by atoms with Crippen molar-refractivity contribution in [1.29, 1.82) is 0 Å². The second-order valence-corrected chi connectivity index (χ2v) is 8.01. The number of halogens is 3. The van der Waals surface area contributed by atoms with Gasteiger partial charge >= 0.3 is 6.18 Å². The lowest BCUT2D eigenvalue weighted by atomic mass is 10.0. The van der Waals surface area contributed by atoms with E-state index in [2.05, 4.69) is 25.6 Å². The first-order valence-corrected chi connectivity index (χ1v) is 10.3. The van der Waals surface area contributed by atoms with Crippen LogP contribution in [0.4, 0.5) is 18.9 Å². The van der Waals surface area contributed by atoms with Gasteiger partial charge in [-0.15, -0.1) is 0 Å². The van der Waals surface area contributed by atoms with Crippen molar-refractivity contribution in [3.05, 3.63) is 42.5 Å². The number of pyridine rings is 2. The molecule has 2 amide bonds. The van der Waals surface area contributed by atoms with E-state index < -0.39 is 24.7 Å². The average Bonchev–Trinajstić information content (AvgIpc) is 3.17. The average molecular weight is 462 g/mol. The summed E-state index contributed by atoms with van der Waals surface area (Å²) in [4.78, 5) is 35.2. The van der Waals surface area contributed by atoms with E-state index in [9.17, 15) is 22.8 Å². The Morgan fingerprint density at radius 3 is 2.55 bits per heavy atom. The topological polar surface area (TPSA) is 112 Å². The van der Waals surface area contributed by atoms with E-state index in [-0.39, 0.29) is 11.8 Å². The molecule has 0 spiro atoms. The number of fused-ring (bicyclic) bond motifs is 1. The van der Waals surface area contributed by atoms with E-state index in [1.807, 2.05) is 11.4 Å². The molecule has 0 aliphatic carbocycles. The van der Waals surface area contributed by atoms with Crippen LogP contribution in [0.15, 0.2) is 36.9 Å². The Morgan fingerprint density at radius 2 is 1.88 bits per heavy atom. The standard InChI is InChI=1S/C22H25F3N6O2/c1-12(2)19(21(33)30-11-22(23,24)25)31-16-5-15(8-26-9-16)18-10-29-20-17(18)4-14(7-28-20)6-27-13(3)32/h4-5,7-10,12,19,31H,6,11H2,1-3H3,(H,27,32)(H,28,29)(H,30,33). The van der Waals surface area contributed by atoms with Crippen molar-refractivity contribution in [1.82, 2.24) is 25.6 Å². The highest BCUT2D eigenvalue weighted by Gasteiger charge is 2.30. The highest BCUT2D eigenvalue weighted by atomic mass is 19.4. The van der Waals surface area contributed by atoms with Gasteiger partial charge < -0.3 is 20.9 Å². The molecule has 0 radical (unpaired) electrons. The number of H-pyrrole nitrogens is 1. The van der Waals surface area contributed by atoms with Gasteiger partial charge in [0.1, 0.15) is 18.2 Å². The number of hydrogen-bond donors (Lipinski definition) is 4. The largest absolute Gasteiger partial charge is 0.405 e. The van der Waals surface area contributed by atoms with E-state index in [0.29, 0.717) is 17.9 Å². The van der Waals surface area contributed by atoms with E-state index in [0.717, 1.165) is 22.1 Å². The van der Waals surface area contributed by atoms with E-state index in [1.165, 1.54) is 13.1 Å². The van der Waals surface area contributed by atoms with Gasteiger partial charge in [0.25, 0.3) is 0 Å². The number of rotatable bonds is 8. The number of nitrogens with one attached hydrogen (secondary N) is 4. The van der Waals surface area contributed by atoms with Crippen molar-refractivity contribution in [2.45, 2.75) is 39.5 Å². The third-order valence-electron chi connectivity index (χ3n) is 4.91. The Labute approximate surface area is 188 Å². The number of aromatic nitrogens is 3. The Kier molecular flexibility index (Phi) is 7.19. The van der Waals surface area contributed by atoms with Crippen LogP contribution < -0.4 is 16.0 Å². The van der Waals surface area contributed by atoms with Crippen molar-refractivity contribution >= 4 is 28.5 Å². The Hall–Kier alpha value is -3.63. The molecule has 0 aromatic carbocycles. The lowest BCUT2D eigenvalue weighted by Crippen LogP contribution is -2.46. The van der Waals surface area contributed by atoms with Crippen LogP contribution in [0.3, 0.4) is 0 Å². The SMILES string of the molecule is CC(=O)NCc1cnc2[nH]cc(-c3cncc(NC(C(=O)NCC(F)(F)F)C(C)C)c3)c2c1. The molecule has 0 saturated carbocycles. The van der Waals surface area contributed by atoms with E-state index in [1.54, 1.807) is 38.5 Å². The number of anilines is 1. The van der Waals surface area contributed by atoms with Crippen molar-refractivity contribution < 1.29 is 22.8 Å². The molecular weight excluding hydrogens is 437 g/mol. The summed E-state index contributed by atoms with van der Waals surface area (Å²) in [7, 11) is 0. The first kappa shape index (κ1) is 24.0. The number of nitrogens with zero attached hydrogens (tertiary/aromatic N) is 2. The Morgan fingerprint density at radius 1 is 1.12 bits per heavy atom. The Balaban J connectivity index is 1.84. The summed E-state index contributed by atoms with van der Waals surface area (Å²) in [6, 6.07) is 2.80. The van der Waals surface area contributed by atoms with Gasteiger partial charge in [-0.1, -0.05) is 13.8 Å². The molecule has 3 aromatic heterocycles. The molecule has 0 saturated heterocycles. The van der Waals surface area contributed by atoms with Gasteiger partial charge in [-0.25, -0.2) is 4.98 Å². The third-order valence-corrected chi connectivity index (χ3v) is 4.91. The van der Waals surface area contributed by atoms with E-state index in [4.69, 9.17) is 0 Å². The van der Waals surface area contributed by atoms with Gasteiger partial charge in [0.2, 0.25) is 11.8 Å². The molecule has 1 atom stereocenters. The van der Waals surface area contributed by atoms with Crippen molar-refractivity contribution in [2.75, 3.05) is 11.9 Å². The number of carbonyl (C=O) groups is 2. The third kappa shape index (κ3) is 6.43. The summed E-state index contributed by atoms with van der Waals surface area (Å²) >= 11 is 0. The normalized spacial score (nSPS) is 12.6. The van der Waals surface area contributed by atoms with Crippen LogP contribution in [0, 0.1) is 5.92 Å². The fourth-order valence-electron chi connectivity index (χ4n) is 3.29. The van der Waals surface area contributed by atoms with Crippen LogP contribution >= 0.6 is 0 Å². The molecule has 8 nitrogen and oxygen atoms in total. The molecule has 4 N–H and O–H groups in total. The summed E-state index contributed by atoms with van der Waals surface area (Å²) in [5, 5.41) is 8.47. The maximum atomic E-state index is 12.5. The lowest BCUT2D eigenvalue weighted by molar-refractivity contribution is -0.139. The second-order valence-electron chi connectivity index (χ2n) is 8.01. The second kappa shape index (κ2) is 9.88. The van der Waals surface area contributed by atoms with Gasteiger partial charge in [-0.3, -0.25) is 14.6 Å². The molecule has 0 fully saturated rings. The van der Waals surface area contributed by atoms with Crippen LogP contribution in [0.1, 0.15) is 26.3 Å². The number of alkyl halides is 3.